The Morgan fingerprint density at radius 1 is 1.35 bits per heavy atom. The molecule has 0 amide bonds. The van der Waals surface area contributed by atoms with Crippen LogP contribution in [0.3, 0.4) is 0 Å². The van der Waals surface area contributed by atoms with E-state index in [1.807, 2.05) is 0 Å². The maximum Gasteiger partial charge on any atom is 0.446 e. The molecule has 8 heteroatoms. The lowest BCUT2D eigenvalue weighted by Crippen LogP contribution is -2.10. The third-order valence-corrected chi connectivity index (χ3v) is 3.19. The first-order valence-electron chi connectivity index (χ1n) is 5.42. The van der Waals surface area contributed by atoms with Crippen molar-refractivity contribution in [3.05, 3.63) is 29.3 Å². The van der Waals surface area contributed by atoms with Crippen LogP contribution in [0.4, 0.5) is 13.2 Å². The van der Waals surface area contributed by atoms with Crippen molar-refractivity contribution in [1.29, 1.82) is 0 Å². The minimum atomic E-state index is -4.52. The van der Waals surface area contributed by atoms with Crippen LogP contribution in [-0.4, -0.2) is 29.7 Å². The number of hydrogen-bond acceptors (Lipinski definition) is 4. The molecule has 4 nitrogen and oxygen atoms in total. The second kappa shape index (κ2) is 6.65. The van der Waals surface area contributed by atoms with Gasteiger partial charge in [0.1, 0.15) is 0 Å². The highest BCUT2D eigenvalue weighted by Crippen LogP contribution is 2.39. The summed E-state index contributed by atoms with van der Waals surface area (Å²) < 4.78 is 41.9. The summed E-state index contributed by atoms with van der Waals surface area (Å²) in [7, 11) is 1.10. The number of alkyl halides is 3. The minimum Gasteiger partial charge on any atom is -0.481 e. The van der Waals surface area contributed by atoms with Crippen molar-refractivity contribution in [2.45, 2.75) is 23.2 Å². The number of ether oxygens (including phenoxy) is 1. The number of methoxy groups -OCH3 is 1. The number of carboxylic acid groups (broad SMARTS) is 1. The summed E-state index contributed by atoms with van der Waals surface area (Å²) in [5, 5.41) is 8.64. The van der Waals surface area contributed by atoms with E-state index < -0.39 is 17.4 Å². The fraction of sp³-hybridized carbons (Fsp3) is 0.333. The van der Waals surface area contributed by atoms with Crippen LogP contribution < -0.4 is 0 Å². The van der Waals surface area contributed by atoms with Gasteiger partial charge in [-0.15, -0.1) is 0 Å². The number of esters is 1. The molecule has 1 rings (SSSR count). The number of rotatable bonds is 5. The molecule has 0 aromatic heterocycles. The number of carbonyl (C=O) groups is 2. The predicted molar refractivity (Wildman–Crippen MR) is 65.7 cm³/mol. The van der Waals surface area contributed by atoms with Crippen molar-refractivity contribution in [3.63, 3.8) is 0 Å². The van der Waals surface area contributed by atoms with E-state index in [2.05, 4.69) is 4.74 Å². The van der Waals surface area contributed by atoms with Gasteiger partial charge >= 0.3 is 17.4 Å². The summed E-state index contributed by atoms with van der Waals surface area (Å²) in [6.07, 6.45) is -0.557. The molecular formula is C12H11F3O4S. The quantitative estimate of drug-likeness (QED) is 0.669. The zero-order chi connectivity index (χ0) is 15.3. The highest BCUT2D eigenvalue weighted by molar-refractivity contribution is 8.00. The molecule has 0 atom stereocenters. The largest absolute Gasteiger partial charge is 0.481 e. The topological polar surface area (TPSA) is 63.6 Å². The molecule has 0 aliphatic heterocycles. The van der Waals surface area contributed by atoms with E-state index in [4.69, 9.17) is 5.11 Å². The van der Waals surface area contributed by atoms with Gasteiger partial charge in [-0.25, -0.2) is 4.79 Å². The fourth-order valence-electron chi connectivity index (χ4n) is 1.58. The van der Waals surface area contributed by atoms with Crippen LogP contribution in [0.25, 0.3) is 0 Å². The van der Waals surface area contributed by atoms with Gasteiger partial charge in [-0.05, 0) is 35.9 Å². The van der Waals surface area contributed by atoms with Gasteiger partial charge in [0.25, 0.3) is 0 Å². The lowest BCUT2D eigenvalue weighted by atomic mass is 10.0. The summed E-state index contributed by atoms with van der Waals surface area (Å²) >= 11 is -0.380. The van der Waals surface area contributed by atoms with E-state index in [1.54, 1.807) is 0 Å². The lowest BCUT2D eigenvalue weighted by molar-refractivity contribution is -0.136. The number of carboxylic acids is 1. The van der Waals surface area contributed by atoms with Crippen molar-refractivity contribution in [3.8, 4) is 0 Å². The van der Waals surface area contributed by atoms with E-state index >= 15 is 0 Å². The Labute approximate surface area is 116 Å². The Bertz CT molecular complexity index is 514. The van der Waals surface area contributed by atoms with E-state index in [1.165, 1.54) is 18.2 Å². The molecule has 1 aromatic rings. The average molecular weight is 308 g/mol. The van der Waals surface area contributed by atoms with Crippen molar-refractivity contribution in [1.82, 2.24) is 0 Å². The highest BCUT2D eigenvalue weighted by atomic mass is 32.2. The van der Waals surface area contributed by atoms with E-state index in [-0.39, 0.29) is 40.6 Å². The first-order valence-corrected chi connectivity index (χ1v) is 6.24. The summed E-state index contributed by atoms with van der Waals surface area (Å²) in [6.45, 7) is 0. The molecule has 0 fully saturated rings. The molecule has 0 unspecified atom stereocenters. The van der Waals surface area contributed by atoms with Crippen molar-refractivity contribution in [2.24, 2.45) is 0 Å². The maximum atomic E-state index is 12.5. The molecule has 0 aliphatic rings. The molecule has 0 heterocycles. The normalized spacial score (nSPS) is 11.2. The minimum absolute atomic E-state index is 0.0316. The van der Waals surface area contributed by atoms with Crippen LogP contribution in [0.5, 0.6) is 0 Å². The number of halogens is 3. The van der Waals surface area contributed by atoms with Crippen LogP contribution >= 0.6 is 11.8 Å². The summed E-state index contributed by atoms with van der Waals surface area (Å²) in [6, 6.07) is 3.80. The van der Waals surface area contributed by atoms with Gasteiger partial charge in [0.05, 0.1) is 12.7 Å². The Morgan fingerprint density at radius 3 is 2.50 bits per heavy atom. The Kier molecular flexibility index (Phi) is 5.43. The second-order valence-corrected chi connectivity index (χ2v) is 4.82. The van der Waals surface area contributed by atoms with E-state index in [0.29, 0.717) is 0 Å². The number of aliphatic carboxylic acids is 1. The smallest absolute Gasteiger partial charge is 0.446 e. The highest BCUT2D eigenvalue weighted by Gasteiger charge is 2.31. The van der Waals surface area contributed by atoms with Crippen LogP contribution in [0.1, 0.15) is 22.3 Å². The fourth-order valence-corrected chi connectivity index (χ4v) is 2.31. The van der Waals surface area contributed by atoms with E-state index in [9.17, 15) is 22.8 Å². The predicted octanol–water partition coefficient (Wildman–Crippen LogP) is 3.10. The van der Waals surface area contributed by atoms with Crippen LogP contribution in [0.15, 0.2) is 23.1 Å². The van der Waals surface area contributed by atoms with Crippen molar-refractivity contribution < 1.29 is 32.6 Å². The zero-order valence-corrected chi connectivity index (χ0v) is 11.2. The molecule has 1 N–H and O–H groups in total. The Hall–Kier alpha value is -1.70. The van der Waals surface area contributed by atoms with Gasteiger partial charge < -0.3 is 9.84 Å². The number of benzene rings is 1. The summed E-state index contributed by atoms with van der Waals surface area (Å²) in [5.74, 6) is -1.96. The van der Waals surface area contributed by atoms with Gasteiger partial charge in [-0.1, -0.05) is 6.07 Å². The van der Waals surface area contributed by atoms with Crippen LogP contribution in [0, 0.1) is 0 Å². The molecule has 0 saturated carbocycles. The average Bonchev–Trinajstić information content (AvgIpc) is 2.34. The molecule has 0 bridgehead atoms. The third kappa shape index (κ3) is 4.76. The molecule has 20 heavy (non-hydrogen) atoms. The van der Waals surface area contributed by atoms with Gasteiger partial charge in [0.15, 0.2) is 0 Å². The monoisotopic (exact) mass is 308 g/mol. The first-order chi connectivity index (χ1) is 9.24. The lowest BCUT2D eigenvalue weighted by Gasteiger charge is -2.13. The number of thioether (sulfide) groups is 1. The zero-order valence-electron chi connectivity index (χ0n) is 10.4. The van der Waals surface area contributed by atoms with E-state index in [0.717, 1.165) is 7.11 Å². The molecule has 1 aromatic carbocycles. The molecule has 0 saturated heterocycles. The molecule has 0 aliphatic carbocycles. The van der Waals surface area contributed by atoms with Crippen LogP contribution in [-0.2, 0) is 16.0 Å². The van der Waals surface area contributed by atoms with Gasteiger partial charge in [0, 0.05) is 11.3 Å². The standard InChI is InChI=1S/C12H11F3O4S/c1-19-11(18)8-3-2-4-9(20-12(13,14)15)7(8)5-6-10(16)17/h2-4H,5-6H2,1H3,(H,16,17). The van der Waals surface area contributed by atoms with Gasteiger partial charge in [0.2, 0.25) is 0 Å². The Balaban J connectivity index is 3.21. The molecular weight excluding hydrogens is 297 g/mol. The van der Waals surface area contributed by atoms with Gasteiger partial charge in [-0.3, -0.25) is 4.79 Å². The summed E-state index contributed by atoms with van der Waals surface area (Å²) in [5.41, 5.74) is -4.54. The third-order valence-electron chi connectivity index (χ3n) is 2.35. The molecule has 0 radical (unpaired) electrons. The number of carbonyl (C=O) groups excluding carboxylic acids is 1. The number of hydrogen-bond donors (Lipinski definition) is 1. The first kappa shape index (κ1) is 16.4. The van der Waals surface area contributed by atoms with Gasteiger partial charge in [-0.2, -0.15) is 13.2 Å². The SMILES string of the molecule is COC(=O)c1cccc(SC(F)(F)F)c1CCC(=O)O. The van der Waals surface area contributed by atoms with Crippen molar-refractivity contribution in [2.75, 3.05) is 7.11 Å². The van der Waals surface area contributed by atoms with Crippen molar-refractivity contribution >= 4 is 23.7 Å². The van der Waals surface area contributed by atoms with Crippen LogP contribution in [0.2, 0.25) is 0 Å². The molecule has 110 valence electrons. The Morgan fingerprint density at radius 2 is 2.00 bits per heavy atom. The molecule has 0 spiro atoms. The summed E-state index contributed by atoms with van der Waals surface area (Å²) in [4.78, 5) is 21.9. The maximum absolute atomic E-state index is 12.5. The second-order valence-electron chi connectivity index (χ2n) is 3.72.